The van der Waals surface area contributed by atoms with E-state index in [0.29, 0.717) is 6.04 Å². The lowest BCUT2D eigenvalue weighted by molar-refractivity contribution is 0.322. The lowest BCUT2D eigenvalue weighted by atomic mass is 10.2. The Hall–Kier alpha value is -0.840. The second-order valence-corrected chi connectivity index (χ2v) is 6.26. The lowest BCUT2D eigenvalue weighted by Crippen LogP contribution is -2.31. The third-order valence-electron chi connectivity index (χ3n) is 3.51. The molecule has 3 rings (SSSR count). The second-order valence-electron chi connectivity index (χ2n) is 4.79. The van der Waals surface area contributed by atoms with E-state index < -0.39 is 0 Å². The first-order valence-corrected chi connectivity index (χ1v) is 7.42. The van der Waals surface area contributed by atoms with Crippen molar-refractivity contribution in [2.45, 2.75) is 18.9 Å². The molecule has 1 aliphatic rings. The van der Waals surface area contributed by atoms with E-state index >= 15 is 0 Å². The summed E-state index contributed by atoms with van der Waals surface area (Å²) in [5, 5.41) is 5.19. The van der Waals surface area contributed by atoms with Crippen molar-refractivity contribution in [3.8, 4) is 0 Å². The van der Waals surface area contributed by atoms with Crippen LogP contribution in [0.2, 0.25) is 5.02 Å². The average molecular weight is 282 g/mol. The van der Waals surface area contributed by atoms with Crippen molar-refractivity contribution in [1.29, 1.82) is 0 Å². The zero-order chi connectivity index (χ0) is 12.5. The summed E-state index contributed by atoms with van der Waals surface area (Å²) in [7, 11) is 2.19. The van der Waals surface area contributed by atoms with Gasteiger partial charge in [-0.25, -0.2) is 4.98 Å². The van der Waals surface area contributed by atoms with Gasteiger partial charge in [-0.05, 0) is 44.6 Å². The van der Waals surface area contributed by atoms with Gasteiger partial charge in [-0.3, -0.25) is 0 Å². The van der Waals surface area contributed by atoms with E-state index in [-0.39, 0.29) is 0 Å². The molecule has 1 unspecified atom stereocenters. The van der Waals surface area contributed by atoms with Crippen molar-refractivity contribution in [2.24, 2.45) is 0 Å². The Balaban J connectivity index is 1.71. The monoisotopic (exact) mass is 281 g/mol. The second kappa shape index (κ2) is 5.03. The minimum atomic E-state index is 0.639. The molecule has 0 saturated carbocycles. The Morgan fingerprint density at radius 1 is 1.56 bits per heavy atom. The van der Waals surface area contributed by atoms with Crippen LogP contribution in [0.4, 0.5) is 5.13 Å². The highest BCUT2D eigenvalue weighted by Crippen LogP contribution is 2.28. The predicted octanol–water partition coefficient (Wildman–Crippen LogP) is 3.46. The largest absolute Gasteiger partial charge is 0.360 e. The Morgan fingerprint density at radius 2 is 2.44 bits per heavy atom. The normalized spacial score (nSPS) is 20.7. The Kier molecular flexibility index (Phi) is 3.41. The molecular formula is C13H16ClN3S. The summed E-state index contributed by atoms with van der Waals surface area (Å²) in [5.41, 5.74) is 0.981. The van der Waals surface area contributed by atoms with Gasteiger partial charge in [0.15, 0.2) is 5.13 Å². The highest BCUT2D eigenvalue weighted by Gasteiger charge is 2.20. The lowest BCUT2D eigenvalue weighted by Gasteiger charge is -2.19. The van der Waals surface area contributed by atoms with Gasteiger partial charge in [0.05, 0.1) is 10.2 Å². The fraction of sp³-hybridized carbons (Fsp3) is 0.462. The van der Waals surface area contributed by atoms with Gasteiger partial charge in [0.1, 0.15) is 0 Å². The number of nitrogens with zero attached hydrogens (tertiary/aromatic N) is 2. The van der Waals surface area contributed by atoms with Crippen LogP contribution in [0.25, 0.3) is 10.2 Å². The number of thiazole rings is 1. The van der Waals surface area contributed by atoms with Crippen molar-refractivity contribution in [2.75, 3.05) is 25.5 Å². The fourth-order valence-electron chi connectivity index (χ4n) is 2.42. The molecule has 1 aliphatic heterocycles. The van der Waals surface area contributed by atoms with E-state index in [0.717, 1.165) is 22.2 Å². The predicted molar refractivity (Wildman–Crippen MR) is 78.8 cm³/mol. The van der Waals surface area contributed by atoms with Crippen molar-refractivity contribution < 1.29 is 0 Å². The molecule has 0 radical (unpaired) electrons. The van der Waals surface area contributed by atoms with Gasteiger partial charge in [-0.1, -0.05) is 22.9 Å². The van der Waals surface area contributed by atoms with Gasteiger partial charge in [0.2, 0.25) is 0 Å². The molecule has 3 nitrogen and oxygen atoms in total. The highest BCUT2D eigenvalue weighted by molar-refractivity contribution is 7.22. The minimum Gasteiger partial charge on any atom is -0.360 e. The summed E-state index contributed by atoms with van der Waals surface area (Å²) >= 11 is 7.66. The molecule has 18 heavy (non-hydrogen) atoms. The van der Waals surface area contributed by atoms with E-state index in [4.69, 9.17) is 11.6 Å². The SMILES string of the molecule is CN1CCCC1CNc1nc2cc(Cl)ccc2s1. The zero-order valence-corrected chi connectivity index (χ0v) is 11.9. The third-order valence-corrected chi connectivity index (χ3v) is 4.74. The molecule has 0 amide bonds. The van der Waals surface area contributed by atoms with Crippen LogP contribution in [0.15, 0.2) is 18.2 Å². The van der Waals surface area contributed by atoms with Gasteiger partial charge in [-0.15, -0.1) is 0 Å². The van der Waals surface area contributed by atoms with Gasteiger partial charge in [-0.2, -0.15) is 0 Å². The maximum absolute atomic E-state index is 5.97. The van der Waals surface area contributed by atoms with Crippen LogP contribution < -0.4 is 5.32 Å². The highest BCUT2D eigenvalue weighted by atomic mass is 35.5. The first-order chi connectivity index (χ1) is 8.72. The quantitative estimate of drug-likeness (QED) is 0.934. The molecule has 1 saturated heterocycles. The number of likely N-dealkylation sites (tertiary alicyclic amines) is 1. The number of benzene rings is 1. The maximum atomic E-state index is 5.97. The molecular weight excluding hydrogens is 266 g/mol. The molecule has 0 spiro atoms. The van der Waals surface area contributed by atoms with Crippen LogP contribution in [-0.2, 0) is 0 Å². The number of aromatic nitrogens is 1. The molecule has 1 fully saturated rings. The van der Waals surface area contributed by atoms with E-state index in [1.807, 2.05) is 18.2 Å². The molecule has 0 aliphatic carbocycles. The van der Waals surface area contributed by atoms with E-state index in [9.17, 15) is 0 Å². The van der Waals surface area contributed by atoms with Gasteiger partial charge in [0.25, 0.3) is 0 Å². The summed E-state index contributed by atoms with van der Waals surface area (Å²) in [4.78, 5) is 6.98. The van der Waals surface area contributed by atoms with Gasteiger partial charge in [0, 0.05) is 17.6 Å². The molecule has 1 aromatic carbocycles. The molecule has 2 aromatic rings. The van der Waals surface area contributed by atoms with Gasteiger partial charge >= 0.3 is 0 Å². The summed E-state index contributed by atoms with van der Waals surface area (Å²) in [6.07, 6.45) is 2.58. The van der Waals surface area contributed by atoms with Crippen LogP contribution >= 0.6 is 22.9 Å². The molecule has 96 valence electrons. The van der Waals surface area contributed by atoms with E-state index in [2.05, 4.69) is 22.2 Å². The Bertz CT molecular complexity index is 554. The summed E-state index contributed by atoms with van der Waals surface area (Å²) in [6, 6.07) is 6.50. The van der Waals surface area contributed by atoms with E-state index in [1.165, 1.54) is 24.1 Å². The summed E-state index contributed by atoms with van der Waals surface area (Å²) in [5.74, 6) is 0. The molecule has 1 aromatic heterocycles. The zero-order valence-electron chi connectivity index (χ0n) is 10.3. The molecule has 2 heterocycles. The molecule has 1 N–H and O–H groups in total. The van der Waals surface area contributed by atoms with Crippen LogP contribution in [0, 0.1) is 0 Å². The maximum Gasteiger partial charge on any atom is 0.183 e. The number of hydrogen-bond acceptors (Lipinski definition) is 4. The van der Waals surface area contributed by atoms with E-state index in [1.54, 1.807) is 11.3 Å². The van der Waals surface area contributed by atoms with Crippen molar-refractivity contribution in [1.82, 2.24) is 9.88 Å². The van der Waals surface area contributed by atoms with Crippen LogP contribution in [-0.4, -0.2) is 36.1 Å². The first kappa shape index (κ1) is 12.2. The van der Waals surface area contributed by atoms with Crippen molar-refractivity contribution in [3.63, 3.8) is 0 Å². The average Bonchev–Trinajstić information content (AvgIpc) is 2.92. The van der Waals surface area contributed by atoms with Crippen molar-refractivity contribution in [3.05, 3.63) is 23.2 Å². The van der Waals surface area contributed by atoms with Crippen molar-refractivity contribution >= 4 is 38.3 Å². The number of rotatable bonds is 3. The minimum absolute atomic E-state index is 0.639. The number of fused-ring (bicyclic) bond motifs is 1. The van der Waals surface area contributed by atoms with Gasteiger partial charge < -0.3 is 10.2 Å². The van der Waals surface area contributed by atoms with Crippen LogP contribution in [0.1, 0.15) is 12.8 Å². The number of likely N-dealkylation sites (N-methyl/N-ethyl adjacent to an activating group) is 1. The molecule has 1 atom stereocenters. The summed E-state index contributed by atoms with van der Waals surface area (Å²) in [6.45, 7) is 2.19. The number of halogens is 1. The fourth-order valence-corrected chi connectivity index (χ4v) is 3.44. The van der Waals surface area contributed by atoms with Crippen LogP contribution in [0.5, 0.6) is 0 Å². The smallest absolute Gasteiger partial charge is 0.183 e. The number of nitrogens with one attached hydrogen (secondary N) is 1. The Labute approximate surface area is 116 Å². The third kappa shape index (κ3) is 2.46. The standard InChI is InChI=1S/C13H16ClN3S/c1-17-6-2-3-10(17)8-15-13-16-11-7-9(14)4-5-12(11)18-13/h4-5,7,10H,2-3,6,8H2,1H3,(H,15,16). The van der Waals surface area contributed by atoms with Crippen LogP contribution in [0.3, 0.4) is 0 Å². The topological polar surface area (TPSA) is 28.2 Å². The number of hydrogen-bond donors (Lipinski definition) is 1. The summed E-state index contributed by atoms with van der Waals surface area (Å²) < 4.78 is 1.18. The first-order valence-electron chi connectivity index (χ1n) is 6.22. The molecule has 0 bridgehead atoms. The number of anilines is 1. The molecule has 5 heteroatoms. The Morgan fingerprint density at radius 3 is 3.22 bits per heavy atom.